The van der Waals surface area contributed by atoms with Gasteiger partial charge in [0.05, 0.1) is 0 Å². The molecule has 2 fully saturated rings. The third-order valence-corrected chi connectivity index (χ3v) is 3.68. The zero-order chi connectivity index (χ0) is 11.8. The lowest BCUT2D eigenvalue weighted by Crippen LogP contribution is -2.47. The van der Waals surface area contributed by atoms with Gasteiger partial charge < -0.3 is 5.32 Å². The van der Waals surface area contributed by atoms with E-state index in [-0.39, 0.29) is 5.54 Å². The van der Waals surface area contributed by atoms with E-state index in [4.69, 9.17) is 0 Å². The van der Waals surface area contributed by atoms with Gasteiger partial charge in [0.25, 0.3) is 0 Å². The van der Waals surface area contributed by atoms with Crippen LogP contribution in [0.1, 0.15) is 53.4 Å². The Kier molecular flexibility index (Phi) is 3.60. The Labute approximate surface area is 101 Å². The van der Waals surface area contributed by atoms with E-state index < -0.39 is 0 Å². The largest absolute Gasteiger partial charge is 0.311 e. The van der Waals surface area contributed by atoms with Crippen molar-refractivity contribution in [2.45, 2.75) is 71.0 Å². The van der Waals surface area contributed by atoms with Crippen molar-refractivity contribution in [3.8, 4) is 0 Å². The van der Waals surface area contributed by atoms with Gasteiger partial charge in [0.1, 0.15) is 0 Å². The van der Waals surface area contributed by atoms with Gasteiger partial charge in [-0.15, -0.1) is 0 Å². The molecule has 1 N–H and O–H groups in total. The summed E-state index contributed by atoms with van der Waals surface area (Å²) in [5.41, 5.74) is 0.253. The van der Waals surface area contributed by atoms with Gasteiger partial charge >= 0.3 is 0 Å². The molecule has 1 unspecified atom stereocenters. The standard InChI is InChI=1S/C14H28N2/c1-11(9-15-14(2,3)4)16(13-7-8-13)10-12-5-6-12/h11-13,15H,5-10H2,1-4H3. The molecular formula is C14H28N2. The summed E-state index contributed by atoms with van der Waals surface area (Å²) in [6.45, 7) is 11.6. The van der Waals surface area contributed by atoms with E-state index in [1.54, 1.807) is 0 Å². The predicted octanol–water partition coefficient (Wildman–Crippen LogP) is 2.64. The summed E-state index contributed by atoms with van der Waals surface area (Å²) >= 11 is 0. The fraction of sp³-hybridized carbons (Fsp3) is 1.00. The number of hydrogen-bond donors (Lipinski definition) is 1. The van der Waals surface area contributed by atoms with Gasteiger partial charge in [-0.2, -0.15) is 0 Å². The average molecular weight is 224 g/mol. The van der Waals surface area contributed by atoms with Crippen molar-refractivity contribution in [3.05, 3.63) is 0 Å². The molecule has 0 radical (unpaired) electrons. The molecule has 2 aliphatic rings. The highest BCUT2D eigenvalue weighted by Gasteiger charge is 2.36. The highest BCUT2D eigenvalue weighted by Crippen LogP contribution is 2.35. The minimum atomic E-state index is 0.253. The Morgan fingerprint density at radius 1 is 1.19 bits per heavy atom. The Morgan fingerprint density at radius 3 is 2.25 bits per heavy atom. The molecule has 2 nitrogen and oxygen atoms in total. The second kappa shape index (κ2) is 4.66. The molecule has 2 heteroatoms. The molecular weight excluding hydrogens is 196 g/mol. The number of hydrogen-bond acceptors (Lipinski definition) is 2. The molecule has 0 heterocycles. The lowest BCUT2D eigenvalue weighted by Gasteiger charge is -2.32. The van der Waals surface area contributed by atoms with Crippen molar-refractivity contribution in [2.75, 3.05) is 13.1 Å². The van der Waals surface area contributed by atoms with Crippen LogP contribution in [-0.4, -0.2) is 35.6 Å². The number of nitrogens with zero attached hydrogens (tertiary/aromatic N) is 1. The molecule has 2 saturated carbocycles. The minimum absolute atomic E-state index is 0.253. The Hall–Kier alpha value is -0.0800. The third-order valence-electron chi connectivity index (χ3n) is 3.68. The van der Waals surface area contributed by atoms with Crippen LogP contribution in [0.3, 0.4) is 0 Å². The smallest absolute Gasteiger partial charge is 0.0195 e. The molecule has 2 aliphatic carbocycles. The van der Waals surface area contributed by atoms with Crippen molar-refractivity contribution in [3.63, 3.8) is 0 Å². The predicted molar refractivity (Wildman–Crippen MR) is 69.7 cm³/mol. The first-order chi connectivity index (χ1) is 7.46. The first-order valence-corrected chi connectivity index (χ1v) is 6.96. The summed E-state index contributed by atoms with van der Waals surface area (Å²) in [5, 5.41) is 3.64. The second-order valence-corrected chi connectivity index (χ2v) is 6.85. The molecule has 0 saturated heterocycles. The summed E-state index contributed by atoms with van der Waals surface area (Å²) in [4.78, 5) is 2.76. The van der Waals surface area contributed by atoms with Crippen LogP contribution in [0.5, 0.6) is 0 Å². The first-order valence-electron chi connectivity index (χ1n) is 6.96. The minimum Gasteiger partial charge on any atom is -0.311 e. The lowest BCUT2D eigenvalue weighted by molar-refractivity contribution is 0.177. The van der Waals surface area contributed by atoms with Crippen LogP contribution in [-0.2, 0) is 0 Å². The maximum Gasteiger partial charge on any atom is 0.0195 e. The molecule has 0 amide bonds. The van der Waals surface area contributed by atoms with E-state index in [1.165, 1.54) is 32.2 Å². The van der Waals surface area contributed by atoms with Crippen molar-refractivity contribution < 1.29 is 0 Å². The zero-order valence-corrected chi connectivity index (χ0v) is 11.4. The SMILES string of the molecule is CC(CNC(C)(C)C)N(CC1CC1)C1CC1. The van der Waals surface area contributed by atoms with E-state index in [0.717, 1.165) is 18.5 Å². The van der Waals surface area contributed by atoms with Gasteiger partial charge in [0.2, 0.25) is 0 Å². The maximum atomic E-state index is 3.64. The van der Waals surface area contributed by atoms with Crippen LogP contribution >= 0.6 is 0 Å². The van der Waals surface area contributed by atoms with E-state index in [2.05, 4.69) is 37.9 Å². The molecule has 0 spiro atoms. The van der Waals surface area contributed by atoms with E-state index in [1.807, 2.05) is 0 Å². The Bertz CT molecular complexity index is 223. The highest BCUT2D eigenvalue weighted by molar-refractivity contribution is 4.92. The van der Waals surface area contributed by atoms with Gasteiger partial charge in [-0.05, 0) is 59.3 Å². The second-order valence-electron chi connectivity index (χ2n) is 6.85. The first kappa shape index (κ1) is 12.4. The summed E-state index contributed by atoms with van der Waals surface area (Å²) in [5.74, 6) is 1.03. The van der Waals surface area contributed by atoms with E-state index in [0.29, 0.717) is 6.04 Å². The number of rotatable bonds is 6. The van der Waals surface area contributed by atoms with Gasteiger partial charge in [0, 0.05) is 30.7 Å². The molecule has 0 aliphatic heterocycles. The normalized spacial score (nSPS) is 23.8. The molecule has 94 valence electrons. The fourth-order valence-corrected chi connectivity index (χ4v) is 2.26. The lowest BCUT2D eigenvalue weighted by atomic mass is 10.1. The van der Waals surface area contributed by atoms with Crippen LogP contribution in [0.2, 0.25) is 0 Å². The molecule has 0 aromatic carbocycles. The zero-order valence-electron chi connectivity index (χ0n) is 11.4. The van der Waals surface area contributed by atoms with Crippen molar-refractivity contribution in [1.29, 1.82) is 0 Å². The van der Waals surface area contributed by atoms with Crippen LogP contribution < -0.4 is 5.32 Å². The Morgan fingerprint density at radius 2 is 1.81 bits per heavy atom. The number of nitrogens with one attached hydrogen (secondary N) is 1. The molecule has 0 bridgehead atoms. The quantitative estimate of drug-likeness (QED) is 0.746. The van der Waals surface area contributed by atoms with Crippen molar-refractivity contribution in [1.82, 2.24) is 10.2 Å². The van der Waals surface area contributed by atoms with Crippen LogP contribution in [0.4, 0.5) is 0 Å². The molecule has 0 aromatic rings. The topological polar surface area (TPSA) is 15.3 Å². The van der Waals surface area contributed by atoms with E-state index >= 15 is 0 Å². The highest BCUT2D eigenvalue weighted by atomic mass is 15.2. The van der Waals surface area contributed by atoms with Crippen LogP contribution in [0.15, 0.2) is 0 Å². The summed E-state index contributed by atoms with van der Waals surface area (Å²) in [6, 6.07) is 1.62. The van der Waals surface area contributed by atoms with Crippen molar-refractivity contribution >= 4 is 0 Å². The molecule has 0 aromatic heterocycles. The summed E-state index contributed by atoms with van der Waals surface area (Å²) in [6.07, 6.45) is 5.82. The van der Waals surface area contributed by atoms with Crippen molar-refractivity contribution in [2.24, 2.45) is 5.92 Å². The average Bonchev–Trinajstić information content (AvgIpc) is 2.97. The van der Waals surface area contributed by atoms with Gasteiger partial charge in [-0.1, -0.05) is 0 Å². The molecule has 2 rings (SSSR count). The fourth-order valence-electron chi connectivity index (χ4n) is 2.26. The third kappa shape index (κ3) is 4.06. The van der Waals surface area contributed by atoms with Gasteiger partial charge in [0.15, 0.2) is 0 Å². The van der Waals surface area contributed by atoms with Crippen LogP contribution in [0, 0.1) is 5.92 Å². The summed E-state index contributed by atoms with van der Waals surface area (Å²) < 4.78 is 0. The Balaban J connectivity index is 1.77. The van der Waals surface area contributed by atoms with Gasteiger partial charge in [-0.25, -0.2) is 0 Å². The van der Waals surface area contributed by atoms with Gasteiger partial charge in [-0.3, -0.25) is 4.90 Å². The molecule has 1 atom stereocenters. The monoisotopic (exact) mass is 224 g/mol. The summed E-state index contributed by atoms with van der Waals surface area (Å²) in [7, 11) is 0. The molecule has 16 heavy (non-hydrogen) atoms. The van der Waals surface area contributed by atoms with E-state index in [9.17, 15) is 0 Å². The maximum absolute atomic E-state index is 3.64. The van der Waals surface area contributed by atoms with Crippen LogP contribution in [0.25, 0.3) is 0 Å².